The molecule has 0 bridgehead atoms. The summed E-state index contributed by atoms with van der Waals surface area (Å²) in [6, 6.07) is 6.05. The van der Waals surface area contributed by atoms with Crippen LogP contribution in [-0.4, -0.2) is 28.1 Å². The number of carbonyl (C=O) groups is 1. The Balaban J connectivity index is 2.06. The molecule has 3 N–H and O–H groups in total. The first-order valence-electron chi connectivity index (χ1n) is 7.36. The average Bonchev–Trinajstić information content (AvgIpc) is 2.81. The number of carbonyl (C=O) groups excluding carboxylic acids is 1. The molecule has 0 saturated carbocycles. The van der Waals surface area contributed by atoms with Crippen LogP contribution in [0.2, 0.25) is 0 Å². The van der Waals surface area contributed by atoms with E-state index in [4.69, 9.17) is 0 Å². The molecule has 0 radical (unpaired) electrons. The van der Waals surface area contributed by atoms with Gasteiger partial charge in [0.15, 0.2) is 0 Å². The summed E-state index contributed by atoms with van der Waals surface area (Å²) < 4.78 is 0. The highest BCUT2D eigenvalue weighted by molar-refractivity contribution is 5.91. The molecule has 1 aromatic carbocycles. The van der Waals surface area contributed by atoms with Gasteiger partial charge in [0.05, 0.1) is 12.0 Å². The molecule has 1 heterocycles. The van der Waals surface area contributed by atoms with E-state index < -0.39 is 5.60 Å². The second kappa shape index (κ2) is 5.90. The number of aliphatic hydroxyl groups is 1. The van der Waals surface area contributed by atoms with Gasteiger partial charge >= 0.3 is 0 Å². The molecule has 0 aliphatic rings. The van der Waals surface area contributed by atoms with Crippen molar-refractivity contribution in [2.75, 3.05) is 6.54 Å². The minimum atomic E-state index is -0.883. The lowest BCUT2D eigenvalue weighted by Crippen LogP contribution is -2.44. The van der Waals surface area contributed by atoms with E-state index in [0.717, 1.165) is 22.0 Å². The lowest BCUT2D eigenvalue weighted by atomic mass is 9.92. The van der Waals surface area contributed by atoms with Crippen molar-refractivity contribution in [1.82, 2.24) is 10.3 Å². The molecule has 0 fully saturated rings. The SMILES string of the molecule is Cc1cccc2[nH]cc(CC(=O)NCC(C)(O)C(C)C)c12. The molecule has 2 aromatic rings. The van der Waals surface area contributed by atoms with E-state index >= 15 is 0 Å². The molecule has 114 valence electrons. The number of H-pyrrole nitrogens is 1. The first-order valence-corrected chi connectivity index (χ1v) is 7.36. The van der Waals surface area contributed by atoms with Gasteiger partial charge in [0.1, 0.15) is 0 Å². The Bertz CT molecular complexity index is 641. The molecule has 2 rings (SSSR count). The Hall–Kier alpha value is -1.81. The second-order valence-electron chi connectivity index (χ2n) is 6.28. The van der Waals surface area contributed by atoms with Crippen molar-refractivity contribution in [2.24, 2.45) is 5.92 Å². The fourth-order valence-electron chi connectivity index (χ4n) is 2.31. The maximum atomic E-state index is 12.1. The molecule has 1 atom stereocenters. The van der Waals surface area contributed by atoms with Gasteiger partial charge in [-0.15, -0.1) is 0 Å². The minimum Gasteiger partial charge on any atom is -0.388 e. The van der Waals surface area contributed by atoms with Crippen molar-refractivity contribution in [3.63, 3.8) is 0 Å². The summed E-state index contributed by atoms with van der Waals surface area (Å²) in [6.07, 6.45) is 2.21. The lowest BCUT2D eigenvalue weighted by Gasteiger charge is -2.27. The molecule has 0 saturated heterocycles. The monoisotopic (exact) mass is 288 g/mol. The zero-order valence-corrected chi connectivity index (χ0v) is 13.2. The fourth-order valence-corrected chi connectivity index (χ4v) is 2.31. The van der Waals surface area contributed by atoms with Crippen molar-refractivity contribution in [3.05, 3.63) is 35.5 Å². The molecule has 21 heavy (non-hydrogen) atoms. The Kier molecular flexibility index (Phi) is 4.37. The van der Waals surface area contributed by atoms with Crippen LogP contribution in [0.1, 0.15) is 31.9 Å². The van der Waals surface area contributed by atoms with Gasteiger partial charge in [-0.25, -0.2) is 0 Å². The molecule has 4 nitrogen and oxygen atoms in total. The Morgan fingerprint density at radius 1 is 1.43 bits per heavy atom. The van der Waals surface area contributed by atoms with Gasteiger partial charge in [0, 0.05) is 23.6 Å². The minimum absolute atomic E-state index is 0.0694. The van der Waals surface area contributed by atoms with Crippen LogP contribution in [0.4, 0.5) is 0 Å². The van der Waals surface area contributed by atoms with Crippen molar-refractivity contribution in [2.45, 2.75) is 39.7 Å². The summed E-state index contributed by atoms with van der Waals surface area (Å²) in [6.45, 7) is 7.93. The van der Waals surface area contributed by atoms with Crippen LogP contribution in [0.25, 0.3) is 10.9 Å². The quantitative estimate of drug-likeness (QED) is 0.791. The van der Waals surface area contributed by atoms with Gasteiger partial charge in [0.2, 0.25) is 5.91 Å². The Morgan fingerprint density at radius 3 is 2.81 bits per heavy atom. The first kappa shape index (κ1) is 15.6. The van der Waals surface area contributed by atoms with Crippen molar-refractivity contribution in [3.8, 4) is 0 Å². The van der Waals surface area contributed by atoms with Crippen LogP contribution in [0.15, 0.2) is 24.4 Å². The number of hydrogen-bond donors (Lipinski definition) is 3. The predicted octanol–water partition coefficient (Wildman–Crippen LogP) is 2.54. The normalized spacial score (nSPS) is 14.4. The van der Waals surface area contributed by atoms with Gasteiger partial charge in [-0.2, -0.15) is 0 Å². The van der Waals surface area contributed by atoms with Gasteiger partial charge in [-0.1, -0.05) is 26.0 Å². The number of rotatable bonds is 5. The van der Waals surface area contributed by atoms with Crippen LogP contribution in [0.5, 0.6) is 0 Å². The molecule has 1 amide bonds. The van der Waals surface area contributed by atoms with Gasteiger partial charge in [-0.3, -0.25) is 4.79 Å². The topological polar surface area (TPSA) is 65.1 Å². The van der Waals surface area contributed by atoms with E-state index in [2.05, 4.69) is 10.3 Å². The van der Waals surface area contributed by atoms with E-state index in [-0.39, 0.29) is 18.4 Å². The van der Waals surface area contributed by atoms with Crippen LogP contribution in [0, 0.1) is 12.8 Å². The molecular formula is C17H24N2O2. The maximum absolute atomic E-state index is 12.1. The van der Waals surface area contributed by atoms with E-state index in [1.807, 2.05) is 45.2 Å². The molecule has 1 unspecified atom stereocenters. The third kappa shape index (κ3) is 3.45. The summed E-state index contributed by atoms with van der Waals surface area (Å²) >= 11 is 0. The molecule has 0 aliphatic heterocycles. The molecule has 0 aliphatic carbocycles. The third-order valence-corrected chi connectivity index (χ3v) is 4.23. The average molecular weight is 288 g/mol. The van der Waals surface area contributed by atoms with Gasteiger partial charge in [-0.05, 0) is 37.0 Å². The molecule has 1 aromatic heterocycles. The summed E-state index contributed by atoms with van der Waals surface area (Å²) in [7, 11) is 0. The van der Waals surface area contributed by atoms with Crippen molar-refractivity contribution in [1.29, 1.82) is 0 Å². The van der Waals surface area contributed by atoms with Crippen LogP contribution in [0.3, 0.4) is 0 Å². The largest absolute Gasteiger partial charge is 0.388 e. The second-order valence-corrected chi connectivity index (χ2v) is 6.28. The number of nitrogens with one attached hydrogen (secondary N) is 2. The van der Waals surface area contributed by atoms with Crippen LogP contribution < -0.4 is 5.32 Å². The number of fused-ring (bicyclic) bond motifs is 1. The summed E-state index contributed by atoms with van der Waals surface area (Å²) in [5.41, 5.74) is 2.31. The standard InChI is InChI=1S/C17H24N2O2/c1-11(2)17(4,21)10-19-15(20)8-13-9-18-14-7-5-6-12(3)16(13)14/h5-7,9,11,18,21H,8,10H2,1-4H3,(H,19,20). The fraction of sp³-hybridized carbons (Fsp3) is 0.471. The summed E-state index contributed by atoms with van der Waals surface area (Å²) in [4.78, 5) is 15.3. The number of hydrogen-bond acceptors (Lipinski definition) is 2. The number of amides is 1. The molecule has 4 heteroatoms. The van der Waals surface area contributed by atoms with E-state index in [1.54, 1.807) is 6.92 Å². The number of aromatic amines is 1. The van der Waals surface area contributed by atoms with Crippen molar-refractivity contribution < 1.29 is 9.90 Å². The number of aryl methyl sites for hydroxylation is 1. The highest BCUT2D eigenvalue weighted by Gasteiger charge is 2.25. The number of benzene rings is 1. The Labute approximate surface area is 125 Å². The number of aromatic nitrogens is 1. The van der Waals surface area contributed by atoms with E-state index in [9.17, 15) is 9.90 Å². The van der Waals surface area contributed by atoms with Gasteiger partial charge in [0.25, 0.3) is 0 Å². The highest BCUT2D eigenvalue weighted by atomic mass is 16.3. The van der Waals surface area contributed by atoms with Gasteiger partial charge < -0.3 is 15.4 Å². The zero-order chi connectivity index (χ0) is 15.6. The lowest BCUT2D eigenvalue weighted by molar-refractivity contribution is -0.122. The van der Waals surface area contributed by atoms with E-state index in [1.165, 1.54) is 0 Å². The highest BCUT2D eigenvalue weighted by Crippen LogP contribution is 2.22. The smallest absolute Gasteiger partial charge is 0.224 e. The Morgan fingerprint density at radius 2 is 2.14 bits per heavy atom. The summed E-state index contributed by atoms with van der Waals surface area (Å²) in [5, 5.41) is 14.1. The van der Waals surface area contributed by atoms with E-state index in [0.29, 0.717) is 6.42 Å². The van der Waals surface area contributed by atoms with Crippen LogP contribution >= 0.6 is 0 Å². The third-order valence-electron chi connectivity index (χ3n) is 4.23. The molecule has 0 spiro atoms. The summed E-state index contributed by atoms with van der Waals surface area (Å²) in [5.74, 6) is 0.0215. The first-order chi connectivity index (χ1) is 9.81. The zero-order valence-electron chi connectivity index (χ0n) is 13.2. The van der Waals surface area contributed by atoms with Crippen molar-refractivity contribution >= 4 is 16.8 Å². The predicted molar refractivity (Wildman–Crippen MR) is 85.2 cm³/mol. The maximum Gasteiger partial charge on any atom is 0.224 e. The van der Waals surface area contributed by atoms with Crippen LogP contribution in [-0.2, 0) is 11.2 Å². The molecular weight excluding hydrogens is 264 g/mol.